The van der Waals surface area contributed by atoms with E-state index in [0.29, 0.717) is 30.5 Å². The molecule has 1 aromatic carbocycles. The molecular weight excluding hydrogens is 393 g/mol. The third-order valence-electron chi connectivity index (χ3n) is 7.56. The Hall–Kier alpha value is -1.50. The highest BCUT2D eigenvalue weighted by Gasteiger charge is 2.43. The molecule has 1 saturated carbocycles. The van der Waals surface area contributed by atoms with E-state index in [1.165, 1.54) is 44.6 Å². The first-order valence-electron chi connectivity index (χ1n) is 12.2. The second-order valence-corrected chi connectivity index (χ2v) is 9.51. The second kappa shape index (κ2) is 10.9. The number of ether oxygens (including phenoxy) is 1. The standard InChI is InChI=1S/C25H38FN3O2/c26-23-8-4-3-7-21(23)19-27-14-11-22-9-10-24(30)29(22)20-25(12-5-1-2-6-13-25)28-15-17-31-18-16-28/h3-4,7-8,22,27H,1-2,5-6,9-20H2. The predicted molar refractivity (Wildman–Crippen MR) is 120 cm³/mol. The summed E-state index contributed by atoms with van der Waals surface area (Å²) in [6, 6.07) is 7.22. The summed E-state index contributed by atoms with van der Waals surface area (Å²) in [6.45, 7) is 5.77. The average molecular weight is 432 g/mol. The second-order valence-electron chi connectivity index (χ2n) is 9.51. The maximum Gasteiger partial charge on any atom is 0.222 e. The number of halogens is 1. The van der Waals surface area contributed by atoms with Gasteiger partial charge in [-0.15, -0.1) is 0 Å². The zero-order chi connectivity index (χ0) is 21.5. The van der Waals surface area contributed by atoms with Crippen molar-refractivity contribution in [1.29, 1.82) is 0 Å². The van der Waals surface area contributed by atoms with Crippen LogP contribution < -0.4 is 5.32 Å². The van der Waals surface area contributed by atoms with E-state index in [1.54, 1.807) is 6.07 Å². The summed E-state index contributed by atoms with van der Waals surface area (Å²) in [7, 11) is 0. The maximum absolute atomic E-state index is 13.8. The lowest BCUT2D eigenvalue weighted by molar-refractivity contribution is -0.132. The number of morpholine rings is 1. The zero-order valence-electron chi connectivity index (χ0n) is 18.8. The van der Waals surface area contributed by atoms with Crippen LogP contribution in [0.2, 0.25) is 0 Å². The Kier molecular flexibility index (Phi) is 7.96. The van der Waals surface area contributed by atoms with Gasteiger partial charge in [-0.2, -0.15) is 0 Å². The van der Waals surface area contributed by atoms with Crippen molar-refractivity contribution in [3.63, 3.8) is 0 Å². The van der Waals surface area contributed by atoms with Gasteiger partial charge in [0.2, 0.25) is 5.91 Å². The summed E-state index contributed by atoms with van der Waals surface area (Å²) in [4.78, 5) is 17.7. The number of hydrogen-bond donors (Lipinski definition) is 1. The van der Waals surface area contributed by atoms with Gasteiger partial charge in [-0.05, 0) is 38.3 Å². The van der Waals surface area contributed by atoms with Crippen molar-refractivity contribution in [2.45, 2.75) is 75.9 Å². The van der Waals surface area contributed by atoms with Crippen LogP contribution in [-0.2, 0) is 16.1 Å². The average Bonchev–Trinajstić information content (AvgIpc) is 2.99. The van der Waals surface area contributed by atoms with Gasteiger partial charge in [0, 0.05) is 49.7 Å². The van der Waals surface area contributed by atoms with E-state index in [-0.39, 0.29) is 11.4 Å². The van der Waals surface area contributed by atoms with Crippen molar-refractivity contribution in [2.75, 3.05) is 39.4 Å². The fourth-order valence-corrected chi connectivity index (χ4v) is 5.76. The minimum atomic E-state index is -0.159. The third kappa shape index (κ3) is 5.65. The van der Waals surface area contributed by atoms with Crippen molar-refractivity contribution in [1.82, 2.24) is 15.1 Å². The van der Waals surface area contributed by atoms with Crippen LogP contribution in [-0.4, -0.2) is 66.7 Å². The Morgan fingerprint density at radius 2 is 1.84 bits per heavy atom. The number of likely N-dealkylation sites (tertiary alicyclic amines) is 1. The molecule has 1 unspecified atom stereocenters. The van der Waals surface area contributed by atoms with Gasteiger partial charge in [0.05, 0.1) is 13.2 Å². The van der Waals surface area contributed by atoms with E-state index in [0.717, 1.165) is 52.2 Å². The van der Waals surface area contributed by atoms with Crippen LogP contribution in [0.3, 0.4) is 0 Å². The predicted octanol–water partition coefficient (Wildman–Crippen LogP) is 3.72. The molecule has 172 valence electrons. The largest absolute Gasteiger partial charge is 0.379 e. The number of amides is 1. The first-order chi connectivity index (χ1) is 15.2. The Bertz CT molecular complexity index is 714. The number of carbonyl (C=O) groups excluding carboxylic acids is 1. The van der Waals surface area contributed by atoms with Crippen molar-refractivity contribution in [3.05, 3.63) is 35.6 Å². The molecule has 1 N–H and O–H groups in total. The highest BCUT2D eigenvalue weighted by atomic mass is 19.1. The van der Waals surface area contributed by atoms with Crippen LogP contribution in [0.15, 0.2) is 24.3 Å². The quantitative estimate of drug-likeness (QED) is 0.503. The minimum Gasteiger partial charge on any atom is -0.379 e. The van der Waals surface area contributed by atoms with Crippen LogP contribution in [0.25, 0.3) is 0 Å². The summed E-state index contributed by atoms with van der Waals surface area (Å²) in [5.41, 5.74) is 0.811. The molecule has 1 atom stereocenters. The zero-order valence-corrected chi connectivity index (χ0v) is 18.8. The third-order valence-corrected chi connectivity index (χ3v) is 7.56. The van der Waals surface area contributed by atoms with Crippen molar-refractivity contribution in [3.8, 4) is 0 Å². The Balaban J connectivity index is 1.37. The highest BCUT2D eigenvalue weighted by molar-refractivity contribution is 5.78. The lowest BCUT2D eigenvalue weighted by Gasteiger charge is -2.48. The fraction of sp³-hybridized carbons (Fsp3) is 0.720. The molecule has 1 aromatic rings. The summed E-state index contributed by atoms with van der Waals surface area (Å²) >= 11 is 0. The van der Waals surface area contributed by atoms with Gasteiger partial charge in [0.15, 0.2) is 0 Å². The van der Waals surface area contributed by atoms with Crippen LogP contribution >= 0.6 is 0 Å². The van der Waals surface area contributed by atoms with Gasteiger partial charge in [-0.1, -0.05) is 43.9 Å². The number of carbonyl (C=O) groups is 1. The molecule has 5 nitrogen and oxygen atoms in total. The molecule has 6 heteroatoms. The van der Waals surface area contributed by atoms with E-state index >= 15 is 0 Å². The summed E-state index contributed by atoms with van der Waals surface area (Å²) < 4.78 is 19.5. The Morgan fingerprint density at radius 1 is 1.10 bits per heavy atom. The summed E-state index contributed by atoms with van der Waals surface area (Å²) in [5.74, 6) is 0.157. The summed E-state index contributed by atoms with van der Waals surface area (Å²) in [5, 5.41) is 3.39. The molecule has 0 spiro atoms. The van der Waals surface area contributed by atoms with Gasteiger partial charge in [-0.25, -0.2) is 4.39 Å². The lowest BCUT2D eigenvalue weighted by Crippen LogP contribution is -2.59. The molecule has 0 radical (unpaired) electrons. The monoisotopic (exact) mass is 431 g/mol. The molecule has 0 bridgehead atoms. The van der Waals surface area contributed by atoms with E-state index in [1.807, 2.05) is 12.1 Å². The number of hydrogen-bond acceptors (Lipinski definition) is 4. The molecule has 2 aliphatic heterocycles. The number of nitrogens with one attached hydrogen (secondary N) is 1. The van der Waals surface area contributed by atoms with E-state index in [4.69, 9.17) is 4.74 Å². The number of rotatable bonds is 8. The topological polar surface area (TPSA) is 44.8 Å². The number of benzene rings is 1. The normalized spacial score (nSPS) is 25.0. The van der Waals surface area contributed by atoms with Gasteiger partial charge in [0.25, 0.3) is 0 Å². The molecule has 3 fully saturated rings. The molecule has 0 aromatic heterocycles. The minimum absolute atomic E-state index is 0.110. The van der Waals surface area contributed by atoms with Crippen LogP contribution in [0, 0.1) is 5.82 Å². The van der Waals surface area contributed by atoms with E-state index in [9.17, 15) is 9.18 Å². The number of nitrogens with zero attached hydrogens (tertiary/aromatic N) is 2. The van der Waals surface area contributed by atoms with Crippen LogP contribution in [0.5, 0.6) is 0 Å². The molecule has 1 amide bonds. The van der Waals surface area contributed by atoms with Gasteiger partial charge < -0.3 is 15.0 Å². The maximum atomic E-state index is 13.8. The lowest BCUT2D eigenvalue weighted by atomic mass is 9.86. The Labute approximate surface area is 186 Å². The molecule has 2 heterocycles. The van der Waals surface area contributed by atoms with Gasteiger partial charge in [-0.3, -0.25) is 9.69 Å². The van der Waals surface area contributed by atoms with Crippen molar-refractivity contribution >= 4 is 5.91 Å². The smallest absolute Gasteiger partial charge is 0.222 e. The molecule has 4 rings (SSSR count). The Morgan fingerprint density at radius 3 is 2.58 bits per heavy atom. The molecular formula is C25H38FN3O2. The molecule has 2 saturated heterocycles. The SMILES string of the molecule is O=C1CCC(CCNCc2ccccc2F)N1CC1(N2CCOCC2)CCCCCC1. The van der Waals surface area contributed by atoms with E-state index in [2.05, 4.69) is 15.1 Å². The first kappa shape index (κ1) is 22.7. The molecule has 31 heavy (non-hydrogen) atoms. The molecule has 3 aliphatic rings. The first-order valence-corrected chi connectivity index (χ1v) is 12.2. The van der Waals surface area contributed by atoms with Crippen LogP contribution in [0.4, 0.5) is 4.39 Å². The van der Waals surface area contributed by atoms with Gasteiger partial charge in [0.1, 0.15) is 5.82 Å². The van der Waals surface area contributed by atoms with Crippen molar-refractivity contribution < 1.29 is 13.9 Å². The van der Waals surface area contributed by atoms with Crippen LogP contribution in [0.1, 0.15) is 63.4 Å². The fourth-order valence-electron chi connectivity index (χ4n) is 5.76. The molecule has 1 aliphatic carbocycles. The highest BCUT2D eigenvalue weighted by Crippen LogP contribution is 2.36. The van der Waals surface area contributed by atoms with Gasteiger partial charge >= 0.3 is 0 Å². The van der Waals surface area contributed by atoms with Crippen molar-refractivity contribution in [2.24, 2.45) is 0 Å². The summed E-state index contributed by atoms with van der Waals surface area (Å²) in [6.07, 6.45) is 10.1. The van der Waals surface area contributed by atoms with E-state index < -0.39 is 0 Å².